The van der Waals surface area contributed by atoms with E-state index in [2.05, 4.69) is 31.2 Å². The van der Waals surface area contributed by atoms with Crippen LogP contribution in [0.1, 0.15) is 23.6 Å². The van der Waals surface area contributed by atoms with E-state index in [9.17, 15) is 4.21 Å². The van der Waals surface area contributed by atoms with Crippen molar-refractivity contribution in [1.82, 2.24) is 0 Å². The van der Waals surface area contributed by atoms with Gasteiger partial charge in [0.25, 0.3) is 0 Å². The van der Waals surface area contributed by atoms with Crippen molar-refractivity contribution in [1.29, 1.82) is 0 Å². The van der Waals surface area contributed by atoms with Crippen LogP contribution in [0.4, 0.5) is 5.69 Å². The van der Waals surface area contributed by atoms with Gasteiger partial charge < -0.3 is 5.73 Å². The Morgan fingerprint density at radius 3 is 2.26 bits per heavy atom. The van der Waals surface area contributed by atoms with Crippen molar-refractivity contribution in [3.05, 3.63) is 59.2 Å². The van der Waals surface area contributed by atoms with Gasteiger partial charge in [-0.2, -0.15) is 0 Å². The van der Waals surface area contributed by atoms with E-state index in [1.54, 1.807) is 6.07 Å². The molecule has 0 aliphatic carbocycles. The van der Waals surface area contributed by atoms with Crippen LogP contribution in [0.15, 0.2) is 47.4 Å². The van der Waals surface area contributed by atoms with Crippen LogP contribution >= 0.6 is 0 Å². The molecule has 2 aromatic rings. The Morgan fingerprint density at radius 2 is 1.68 bits per heavy atom. The molecule has 0 saturated heterocycles. The average Bonchev–Trinajstić information content (AvgIpc) is 2.39. The molecular weight excluding hydrogens is 254 g/mol. The number of benzene rings is 2. The molecule has 0 aliphatic heterocycles. The Kier molecular flexibility index (Phi) is 4.38. The summed E-state index contributed by atoms with van der Waals surface area (Å²) in [6.45, 7) is 4.08. The molecule has 0 heterocycles. The number of aryl methyl sites for hydroxylation is 2. The Balaban J connectivity index is 2.15. The standard InChI is InChI=1S/C16H19NOS/c1-3-13-4-6-14(7-5-13)11-19(18)16-9-8-15(17)10-12(16)2/h4-10H,3,11,17H2,1-2H3. The summed E-state index contributed by atoms with van der Waals surface area (Å²) in [5.74, 6) is 0.550. The fourth-order valence-corrected chi connectivity index (χ4v) is 3.32. The maximum atomic E-state index is 12.4. The van der Waals surface area contributed by atoms with Crippen LogP contribution in [0.5, 0.6) is 0 Å². The molecular formula is C16H19NOS. The lowest BCUT2D eigenvalue weighted by molar-refractivity contribution is 0.682. The highest BCUT2D eigenvalue weighted by Gasteiger charge is 2.08. The van der Waals surface area contributed by atoms with E-state index in [1.807, 2.05) is 19.1 Å². The van der Waals surface area contributed by atoms with Gasteiger partial charge in [0.15, 0.2) is 0 Å². The van der Waals surface area contributed by atoms with Gasteiger partial charge in [-0.05, 0) is 48.2 Å². The SMILES string of the molecule is CCc1ccc(CS(=O)c2ccc(N)cc2C)cc1. The third kappa shape index (κ3) is 3.44. The number of nitrogens with two attached hydrogens (primary N) is 1. The molecule has 0 radical (unpaired) electrons. The van der Waals surface area contributed by atoms with Crippen LogP contribution in [-0.2, 0) is 23.0 Å². The van der Waals surface area contributed by atoms with Gasteiger partial charge in [0, 0.05) is 10.6 Å². The van der Waals surface area contributed by atoms with Gasteiger partial charge in [-0.1, -0.05) is 31.2 Å². The van der Waals surface area contributed by atoms with Gasteiger partial charge in [-0.25, -0.2) is 0 Å². The normalized spacial score (nSPS) is 12.3. The van der Waals surface area contributed by atoms with Crippen molar-refractivity contribution in [2.45, 2.75) is 30.9 Å². The largest absolute Gasteiger partial charge is 0.399 e. The van der Waals surface area contributed by atoms with E-state index in [0.29, 0.717) is 11.4 Å². The third-order valence-corrected chi connectivity index (χ3v) is 4.72. The first-order valence-electron chi connectivity index (χ1n) is 6.42. The van der Waals surface area contributed by atoms with Crippen LogP contribution in [0, 0.1) is 6.92 Å². The zero-order chi connectivity index (χ0) is 13.8. The molecule has 2 N–H and O–H groups in total. The minimum absolute atomic E-state index is 0.550. The van der Waals surface area contributed by atoms with Crippen LogP contribution in [-0.4, -0.2) is 4.21 Å². The topological polar surface area (TPSA) is 43.1 Å². The predicted octanol–water partition coefficient (Wildman–Crippen LogP) is 3.45. The second-order valence-electron chi connectivity index (χ2n) is 4.68. The van der Waals surface area contributed by atoms with Crippen molar-refractivity contribution in [3.8, 4) is 0 Å². The predicted molar refractivity (Wildman–Crippen MR) is 81.5 cm³/mol. The quantitative estimate of drug-likeness (QED) is 0.867. The zero-order valence-corrected chi connectivity index (χ0v) is 12.2. The Labute approximate surface area is 117 Å². The Morgan fingerprint density at radius 1 is 1.05 bits per heavy atom. The highest BCUT2D eigenvalue weighted by Crippen LogP contribution is 2.19. The molecule has 0 aliphatic rings. The maximum Gasteiger partial charge on any atom is 0.0576 e. The molecule has 1 unspecified atom stereocenters. The van der Waals surface area contributed by atoms with Gasteiger partial charge in [-0.15, -0.1) is 0 Å². The van der Waals surface area contributed by atoms with Crippen LogP contribution in [0.3, 0.4) is 0 Å². The Bertz CT molecular complexity index is 590. The van der Waals surface area contributed by atoms with Crippen molar-refractivity contribution in [3.63, 3.8) is 0 Å². The summed E-state index contributed by atoms with van der Waals surface area (Å²) in [5, 5.41) is 0. The summed E-state index contributed by atoms with van der Waals surface area (Å²) in [4.78, 5) is 0.869. The summed E-state index contributed by atoms with van der Waals surface area (Å²) in [6, 6.07) is 13.9. The summed E-state index contributed by atoms with van der Waals surface area (Å²) >= 11 is 0. The molecule has 2 nitrogen and oxygen atoms in total. The van der Waals surface area contributed by atoms with E-state index in [4.69, 9.17) is 5.73 Å². The van der Waals surface area contributed by atoms with Crippen molar-refractivity contribution < 1.29 is 4.21 Å². The van der Waals surface area contributed by atoms with Gasteiger partial charge in [0.1, 0.15) is 0 Å². The molecule has 2 aromatic carbocycles. The fraction of sp³-hybridized carbons (Fsp3) is 0.250. The number of rotatable bonds is 4. The zero-order valence-electron chi connectivity index (χ0n) is 11.3. The maximum absolute atomic E-state index is 12.4. The molecule has 3 heteroatoms. The lowest BCUT2D eigenvalue weighted by Crippen LogP contribution is -2.00. The van der Waals surface area contributed by atoms with Gasteiger partial charge in [0.2, 0.25) is 0 Å². The molecule has 0 saturated carbocycles. The summed E-state index contributed by atoms with van der Waals surface area (Å²) in [7, 11) is -1.02. The third-order valence-electron chi connectivity index (χ3n) is 3.17. The summed E-state index contributed by atoms with van der Waals surface area (Å²) in [5.41, 5.74) is 9.82. The van der Waals surface area contributed by atoms with E-state index >= 15 is 0 Å². The molecule has 2 rings (SSSR count). The van der Waals surface area contributed by atoms with Gasteiger partial charge in [-0.3, -0.25) is 4.21 Å². The van der Waals surface area contributed by atoms with E-state index in [-0.39, 0.29) is 0 Å². The van der Waals surface area contributed by atoms with Crippen LogP contribution < -0.4 is 5.73 Å². The fourth-order valence-electron chi connectivity index (χ4n) is 2.03. The summed E-state index contributed by atoms with van der Waals surface area (Å²) in [6.07, 6.45) is 1.03. The summed E-state index contributed by atoms with van der Waals surface area (Å²) < 4.78 is 12.4. The molecule has 0 amide bonds. The first-order valence-corrected chi connectivity index (χ1v) is 7.74. The van der Waals surface area contributed by atoms with E-state index in [1.165, 1.54) is 5.56 Å². The molecule has 0 spiro atoms. The molecule has 19 heavy (non-hydrogen) atoms. The van der Waals surface area contributed by atoms with E-state index in [0.717, 1.165) is 22.4 Å². The number of hydrogen-bond donors (Lipinski definition) is 1. The smallest absolute Gasteiger partial charge is 0.0576 e. The molecule has 100 valence electrons. The molecule has 0 bridgehead atoms. The first kappa shape index (κ1) is 13.8. The van der Waals surface area contributed by atoms with Crippen molar-refractivity contribution in [2.24, 2.45) is 0 Å². The highest BCUT2D eigenvalue weighted by molar-refractivity contribution is 7.84. The highest BCUT2D eigenvalue weighted by atomic mass is 32.2. The molecule has 0 aromatic heterocycles. The number of nitrogen functional groups attached to an aromatic ring is 1. The second-order valence-corrected chi connectivity index (χ2v) is 6.10. The lowest BCUT2D eigenvalue weighted by atomic mass is 10.1. The monoisotopic (exact) mass is 273 g/mol. The van der Waals surface area contributed by atoms with Crippen molar-refractivity contribution >= 4 is 16.5 Å². The van der Waals surface area contributed by atoms with Crippen LogP contribution in [0.2, 0.25) is 0 Å². The molecule has 1 atom stereocenters. The minimum Gasteiger partial charge on any atom is -0.399 e. The Hall–Kier alpha value is -1.61. The van der Waals surface area contributed by atoms with Gasteiger partial charge in [0.05, 0.1) is 16.6 Å². The lowest BCUT2D eigenvalue weighted by Gasteiger charge is -2.07. The van der Waals surface area contributed by atoms with Crippen LogP contribution in [0.25, 0.3) is 0 Å². The number of anilines is 1. The van der Waals surface area contributed by atoms with Crippen molar-refractivity contribution in [2.75, 3.05) is 5.73 Å². The second kappa shape index (κ2) is 6.02. The first-order chi connectivity index (χ1) is 9.10. The average molecular weight is 273 g/mol. The molecule has 0 fully saturated rings. The van der Waals surface area contributed by atoms with Gasteiger partial charge >= 0.3 is 0 Å². The number of hydrogen-bond acceptors (Lipinski definition) is 2. The van der Waals surface area contributed by atoms with E-state index < -0.39 is 10.8 Å². The minimum atomic E-state index is -1.02.